The van der Waals surface area contributed by atoms with E-state index in [-0.39, 0.29) is 11.8 Å². The molecule has 1 heterocycles. The van der Waals surface area contributed by atoms with Crippen molar-refractivity contribution in [3.05, 3.63) is 16.6 Å². The van der Waals surface area contributed by atoms with Crippen LogP contribution >= 0.6 is 11.3 Å². The van der Waals surface area contributed by atoms with Gasteiger partial charge in [-0.2, -0.15) is 0 Å². The molecule has 1 aromatic heterocycles. The minimum absolute atomic E-state index is 0.00292. The Morgan fingerprint density at radius 1 is 1.60 bits per heavy atom. The van der Waals surface area contributed by atoms with E-state index in [1.165, 1.54) is 37.0 Å². The van der Waals surface area contributed by atoms with Crippen LogP contribution in [0.5, 0.6) is 0 Å². The third kappa shape index (κ3) is 2.63. The summed E-state index contributed by atoms with van der Waals surface area (Å²) >= 11 is 1.44. The van der Waals surface area contributed by atoms with E-state index in [4.69, 9.17) is 5.73 Å². The number of hydrogen-bond donors (Lipinski definition) is 1. The van der Waals surface area contributed by atoms with Crippen LogP contribution in [0.1, 0.15) is 42.6 Å². The Morgan fingerprint density at radius 2 is 2.33 bits per heavy atom. The van der Waals surface area contributed by atoms with Crippen LogP contribution in [-0.2, 0) is 0 Å². The van der Waals surface area contributed by atoms with Gasteiger partial charge in [0.1, 0.15) is 5.69 Å². The Kier molecular flexibility index (Phi) is 3.49. The summed E-state index contributed by atoms with van der Waals surface area (Å²) < 4.78 is 0. The Hall–Kier alpha value is -0.740. The van der Waals surface area contributed by atoms with Crippen molar-refractivity contribution in [1.82, 2.24) is 4.98 Å². The predicted molar refractivity (Wildman–Crippen MR) is 61.0 cm³/mol. The van der Waals surface area contributed by atoms with Gasteiger partial charge in [-0.05, 0) is 12.3 Å². The SMILES string of the molecule is NC(CC1CCCC1)C(=O)c1cscn1. The van der Waals surface area contributed by atoms with Gasteiger partial charge in [-0.1, -0.05) is 25.7 Å². The van der Waals surface area contributed by atoms with Crippen LogP contribution < -0.4 is 5.73 Å². The van der Waals surface area contributed by atoms with Crippen LogP contribution in [0.25, 0.3) is 0 Å². The van der Waals surface area contributed by atoms with Gasteiger partial charge in [0.2, 0.25) is 0 Å². The molecule has 1 fully saturated rings. The zero-order chi connectivity index (χ0) is 10.7. The largest absolute Gasteiger partial charge is 0.321 e. The third-order valence-electron chi connectivity index (χ3n) is 3.08. The molecule has 82 valence electrons. The highest BCUT2D eigenvalue weighted by Gasteiger charge is 2.23. The van der Waals surface area contributed by atoms with Crippen LogP contribution in [0.4, 0.5) is 0 Å². The maximum Gasteiger partial charge on any atom is 0.198 e. The first-order chi connectivity index (χ1) is 7.27. The first kappa shape index (κ1) is 10.8. The lowest BCUT2D eigenvalue weighted by molar-refractivity contribution is 0.0945. The molecule has 2 N–H and O–H groups in total. The van der Waals surface area contributed by atoms with E-state index < -0.39 is 0 Å². The van der Waals surface area contributed by atoms with Gasteiger partial charge < -0.3 is 5.73 Å². The molecule has 0 amide bonds. The second-order valence-corrected chi connectivity index (χ2v) is 4.95. The lowest BCUT2D eigenvalue weighted by Gasteiger charge is -2.13. The van der Waals surface area contributed by atoms with E-state index in [1.54, 1.807) is 10.9 Å². The van der Waals surface area contributed by atoms with Crippen molar-refractivity contribution < 1.29 is 4.79 Å². The van der Waals surface area contributed by atoms with E-state index in [0.717, 1.165) is 6.42 Å². The van der Waals surface area contributed by atoms with Gasteiger partial charge >= 0.3 is 0 Å². The van der Waals surface area contributed by atoms with Crippen LogP contribution in [0.2, 0.25) is 0 Å². The molecule has 0 aromatic carbocycles. The maximum atomic E-state index is 11.8. The minimum atomic E-state index is -0.352. The van der Waals surface area contributed by atoms with Crippen LogP contribution in [0, 0.1) is 5.92 Å². The van der Waals surface area contributed by atoms with Crippen LogP contribution in [0.15, 0.2) is 10.9 Å². The molecule has 1 atom stereocenters. The molecular weight excluding hydrogens is 208 g/mol. The summed E-state index contributed by atoms with van der Waals surface area (Å²) in [5, 5.41) is 1.77. The number of ketones is 1. The van der Waals surface area contributed by atoms with Gasteiger partial charge in [0.05, 0.1) is 11.6 Å². The third-order valence-corrected chi connectivity index (χ3v) is 3.67. The van der Waals surface area contributed by atoms with Crippen molar-refractivity contribution in [3.8, 4) is 0 Å². The highest BCUT2D eigenvalue weighted by Crippen LogP contribution is 2.28. The molecule has 0 saturated heterocycles. The standard InChI is InChI=1S/C11H16N2OS/c12-9(5-8-3-1-2-4-8)11(14)10-6-15-7-13-10/h6-9H,1-5,12H2. The fraction of sp³-hybridized carbons (Fsp3) is 0.636. The average molecular weight is 224 g/mol. The number of rotatable bonds is 4. The Bertz CT molecular complexity index is 317. The van der Waals surface area contributed by atoms with Crippen LogP contribution in [-0.4, -0.2) is 16.8 Å². The summed E-state index contributed by atoms with van der Waals surface area (Å²) in [4.78, 5) is 15.8. The quantitative estimate of drug-likeness (QED) is 0.798. The Balaban J connectivity index is 1.90. The average Bonchev–Trinajstić information content (AvgIpc) is 2.88. The summed E-state index contributed by atoms with van der Waals surface area (Å²) in [6.45, 7) is 0. The molecule has 1 unspecified atom stereocenters. The van der Waals surface area contributed by atoms with Crippen molar-refractivity contribution in [1.29, 1.82) is 0 Å². The zero-order valence-corrected chi connectivity index (χ0v) is 9.50. The summed E-state index contributed by atoms with van der Waals surface area (Å²) in [5.74, 6) is 0.658. The molecule has 1 saturated carbocycles. The summed E-state index contributed by atoms with van der Waals surface area (Å²) in [6.07, 6.45) is 5.89. The molecule has 1 aromatic rings. The molecule has 0 spiro atoms. The lowest BCUT2D eigenvalue weighted by atomic mass is 9.96. The van der Waals surface area contributed by atoms with E-state index in [2.05, 4.69) is 4.98 Å². The van der Waals surface area contributed by atoms with Crippen molar-refractivity contribution >= 4 is 17.1 Å². The summed E-state index contributed by atoms with van der Waals surface area (Å²) in [5.41, 5.74) is 8.11. The summed E-state index contributed by atoms with van der Waals surface area (Å²) in [6, 6.07) is -0.352. The summed E-state index contributed by atoms with van der Waals surface area (Å²) in [7, 11) is 0. The van der Waals surface area contributed by atoms with Crippen molar-refractivity contribution in [2.45, 2.75) is 38.1 Å². The molecule has 0 aliphatic heterocycles. The highest BCUT2D eigenvalue weighted by molar-refractivity contribution is 7.07. The van der Waals surface area contributed by atoms with Gasteiger partial charge in [0.25, 0.3) is 0 Å². The fourth-order valence-corrected chi connectivity index (χ4v) is 2.78. The second-order valence-electron chi connectivity index (χ2n) is 4.23. The number of Topliss-reactive ketones (excluding diaryl/α,β-unsaturated/α-hetero) is 1. The van der Waals surface area contributed by atoms with E-state index in [0.29, 0.717) is 11.6 Å². The van der Waals surface area contributed by atoms with Gasteiger partial charge in [0, 0.05) is 5.38 Å². The number of carbonyl (C=O) groups is 1. The maximum absolute atomic E-state index is 11.8. The number of aromatic nitrogens is 1. The lowest BCUT2D eigenvalue weighted by Crippen LogP contribution is -2.32. The van der Waals surface area contributed by atoms with E-state index in [1.807, 2.05) is 0 Å². The number of thiazole rings is 1. The molecule has 0 bridgehead atoms. The second kappa shape index (κ2) is 4.86. The van der Waals surface area contributed by atoms with E-state index in [9.17, 15) is 4.79 Å². The molecule has 1 aliphatic rings. The van der Waals surface area contributed by atoms with Crippen LogP contribution in [0.3, 0.4) is 0 Å². The first-order valence-electron chi connectivity index (χ1n) is 5.45. The number of hydrogen-bond acceptors (Lipinski definition) is 4. The number of nitrogens with two attached hydrogens (primary N) is 1. The number of carbonyl (C=O) groups excluding carboxylic acids is 1. The molecule has 4 heteroatoms. The van der Waals surface area contributed by atoms with Gasteiger partial charge in [-0.15, -0.1) is 11.3 Å². The molecule has 0 radical (unpaired) electrons. The predicted octanol–water partition coefficient (Wildman–Crippen LogP) is 2.23. The molecule has 15 heavy (non-hydrogen) atoms. The Morgan fingerprint density at radius 3 is 2.93 bits per heavy atom. The monoisotopic (exact) mass is 224 g/mol. The normalized spacial score (nSPS) is 19.3. The molecule has 1 aliphatic carbocycles. The minimum Gasteiger partial charge on any atom is -0.321 e. The van der Waals surface area contributed by atoms with Crippen molar-refractivity contribution in [3.63, 3.8) is 0 Å². The number of nitrogens with zero attached hydrogens (tertiary/aromatic N) is 1. The fourth-order valence-electron chi connectivity index (χ4n) is 2.24. The van der Waals surface area contributed by atoms with Gasteiger partial charge in [-0.3, -0.25) is 4.79 Å². The molecule has 3 nitrogen and oxygen atoms in total. The highest BCUT2D eigenvalue weighted by atomic mass is 32.1. The van der Waals surface area contributed by atoms with Crippen molar-refractivity contribution in [2.24, 2.45) is 11.7 Å². The Labute approximate surface area is 93.7 Å². The molecular formula is C11H16N2OS. The molecule has 2 rings (SSSR count). The van der Waals surface area contributed by atoms with Gasteiger partial charge in [-0.25, -0.2) is 4.98 Å². The zero-order valence-electron chi connectivity index (χ0n) is 8.69. The van der Waals surface area contributed by atoms with Crippen molar-refractivity contribution in [2.75, 3.05) is 0 Å². The van der Waals surface area contributed by atoms with Gasteiger partial charge in [0.15, 0.2) is 5.78 Å². The topological polar surface area (TPSA) is 56.0 Å². The van der Waals surface area contributed by atoms with E-state index >= 15 is 0 Å². The first-order valence-corrected chi connectivity index (χ1v) is 6.39. The smallest absolute Gasteiger partial charge is 0.198 e.